The van der Waals surface area contributed by atoms with Gasteiger partial charge in [-0.25, -0.2) is 0 Å². The van der Waals surface area contributed by atoms with Crippen LogP contribution in [-0.2, 0) is 0 Å². The minimum Gasteiger partial charge on any atom is -0.393 e. The summed E-state index contributed by atoms with van der Waals surface area (Å²) >= 11 is 0. The lowest BCUT2D eigenvalue weighted by molar-refractivity contribution is -0.126. The summed E-state index contributed by atoms with van der Waals surface area (Å²) in [6.45, 7) is 11.3. The molecule has 4 unspecified atom stereocenters. The van der Waals surface area contributed by atoms with Crippen molar-refractivity contribution in [1.29, 1.82) is 0 Å². The zero-order valence-corrected chi connectivity index (χ0v) is 10.8. The molecule has 3 rings (SSSR count). The SMILES string of the molecule is C=C1CCC2(C)CCC(O)C(C)(C)C23CC13. The molecule has 16 heavy (non-hydrogen) atoms. The fourth-order valence-corrected chi connectivity index (χ4v) is 5.21. The molecule has 1 heteroatoms. The molecule has 90 valence electrons. The Bertz CT molecular complexity index is 350. The van der Waals surface area contributed by atoms with Crippen LogP contribution in [0.2, 0.25) is 0 Å². The van der Waals surface area contributed by atoms with E-state index in [1.165, 1.54) is 31.3 Å². The van der Waals surface area contributed by atoms with Crippen molar-refractivity contribution in [1.82, 2.24) is 0 Å². The second kappa shape index (κ2) is 2.75. The fraction of sp³-hybridized carbons (Fsp3) is 0.867. The third-order valence-corrected chi connectivity index (χ3v) is 6.48. The summed E-state index contributed by atoms with van der Waals surface area (Å²) < 4.78 is 0. The minimum absolute atomic E-state index is 0.0774. The van der Waals surface area contributed by atoms with Crippen molar-refractivity contribution in [2.24, 2.45) is 22.2 Å². The Hall–Kier alpha value is -0.300. The van der Waals surface area contributed by atoms with E-state index in [4.69, 9.17) is 0 Å². The standard InChI is InChI=1S/C15H24O/c1-10-5-7-14(4)8-6-12(16)13(2,3)15(14)9-11(10)15/h11-12,16H,1,5-9H2,2-4H3. The fourth-order valence-electron chi connectivity index (χ4n) is 5.21. The largest absolute Gasteiger partial charge is 0.393 e. The Morgan fingerprint density at radius 1 is 1.25 bits per heavy atom. The lowest BCUT2D eigenvalue weighted by Crippen LogP contribution is -2.53. The van der Waals surface area contributed by atoms with Gasteiger partial charge in [0.2, 0.25) is 0 Å². The first-order valence-electron chi connectivity index (χ1n) is 6.71. The molecular weight excluding hydrogens is 196 g/mol. The van der Waals surface area contributed by atoms with Crippen molar-refractivity contribution in [3.63, 3.8) is 0 Å². The number of aliphatic hydroxyl groups excluding tert-OH is 1. The maximum Gasteiger partial charge on any atom is 0.0597 e. The van der Waals surface area contributed by atoms with Crippen LogP contribution in [-0.4, -0.2) is 11.2 Å². The normalized spacial score (nSPS) is 54.1. The predicted octanol–water partition coefficient (Wildman–Crippen LogP) is 3.53. The lowest BCUT2D eigenvalue weighted by atomic mass is 9.48. The van der Waals surface area contributed by atoms with E-state index in [9.17, 15) is 5.11 Å². The van der Waals surface area contributed by atoms with Gasteiger partial charge in [-0.05, 0) is 54.3 Å². The smallest absolute Gasteiger partial charge is 0.0597 e. The zero-order chi connectivity index (χ0) is 11.8. The van der Waals surface area contributed by atoms with E-state index in [0.29, 0.717) is 16.7 Å². The average Bonchev–Trinajstić information content (AvgIpc) is 2.97. The van der Waals surface area contributed by atoms with Crippen LogP contribution in [0.3, 0.4) is 0 Å². The highest BCUT2D eigenvalue weighted by molar-refractivity contribution is 5.32. The van der Waals surface area contributed by atoms with E-state index in [2.05, 4.69) is 27.4 Å². The molecule has 1 nitrogen and oxygen atoms in total. The zero-order valence-electron chi connectivity index (χ0n) is 10.8. The topological polar surface area (TPSA) is 20.2 Å². The summed E-state index contributed by atoms with van der Waals surface area (Å²) in [6.07, 6.45) is 5.88. The van der Waals surface area contributed by atoms with Crippen LogP contribution < -0.4 is 0 Å². The highest BCUT2D eigenvalue weighted by Crippen LogP contribution is 2.81. The van der Waals surface area contributed by atoms with Gasteiger partial charge in [-0.1, -0.05) is 32.9 Å². The van der Waals surface area contributed by atoms with Gasteiger partial charge in [0.15, 0.2) is 0 Å². The average molecular weight is 220 g/mol. The maximum absolute atomic E-state index is 10.3. The first kappa shape index (κ1) is 10.8. The van der Waals surface area contributed by atoms with E-state index in [1.54, 1.807) is 0 Å². The molecule has 0 radical (unpaired) electrons. The number of hydrogen-bond acceptors (Lipinski definition) is 1. The number of aliphatic hydroxyl groups is 1. The summed E-state index contributed by atoms with van der Waals surface area (Å²) in [5.74, 6) is 0.705. The van der Waals surface area contributed by atoms with Gasteiger partial charge < -0.3 is 5.11 Å². The summed E-state index contributed by atoms with van der Waals surface area (Å²) in [7, 11) is 0. The molecule has 1 spiro atoms. The van der Waals surface area contributed by atoms with E-state index in [0.717, 1.165) is 6.42 Å². The van der Waals surface area contributed by atoms with Gasteiger partial charge in [-0.15, -0.1) is 0 Å². The Kier molecular flexibility index (Phi) is 1.86. The predicted molar refractivity (Wildman–Crippen MR) is 66.0 cm³/mol. The molecule has 3 aliphatic rings. The van der Waals surface area contributed by atoms with Gasteiger partial charge in [0.25, 0.3) is 0 Å². The van der Waals surface area contributed by atoms with Crippen LogP contribution in [0.5, 0.6) is 0 Å². The molecule has 3 aliphatic carbocycles. The van der Waals surface area contributed by atoms with Crippen LogP contribution in [0.4, 0.5) is 0 Å². The molecule has 0 aromatic carbocycles. The van der Waals surface area contributed by atoms with Crippen molar-refractivity contribution >= 4 is 0 Å². The molecule has 0 aromatic rings. The van der Waals surface area contributed by atoms with Crippen LogP contribution in [0.1, 0.15) is 52.9 Å². The van der Waals surface area contributed by atoms with Gasteiger partial charge in [-0.2, -0.15) is 0 Å². The van der Waals surface area contributed by atoms with E-state index < -0.39 is 0 Å². The molecule has 3 saturated carbocycles. The molecule has 4 atom stereocenters. The first-order valence-corrected chi connectivity index (χ1v) is 6.71. The Morgan fingerprint density at radius 2 is 1.94 bits per heavy atom. The van der Waals surface area contributed by atoms with E-state index >= 15 is 0 Å². The van der Waals surface area contributed by atoms with Crippen molar-refractivity contribution in [2.45, 2.75) is 59.0 Å². The Morgan fingerprint density at radius 3 is 2.62 bits per heavy atom. The highest BCUT2D eigenvalue weighted by atomic mass is 16.3. The van der Waals surface area contributed by atoms with Crippen LogP contribution >= 0.6 is 0 Å². The van der Waals surface area contributed by atoms with E-state index in [-0.39, 0.29) is 11.5 Å². The van der Waals surface area contributed by atoms with Gasteiger partial charge in [0.05, 0.1) is 6.10 Å². The molecule has 0 aromatic heterocycles. The van der Waals surface area contributed by atoms with Crippen molar-refractivity contribution in [2.75, 3.05) is 0 Å². The number of hydrogen-bond donors (Lipinski definition) is 1. The minimum atomic E-state index is -0.114. The second-order valence-corrected chi connectivity index (χ2v) is 7.22. The molecule has 1 N–H and O–H groups in total. The summed E-state index contributed by atoms with van der Waals surface area (Å²) in [6, 6.07) is 0. The summed E-state index contributed by atoms with van der Waals surface area (Å²) in [5, 5.41) is 10.3. The third-order valence-electron chi connectivity index (χ3n) is 6.48. The third kappa shape index (κ3) is 0.932. The van der Waals surface area contributed by atoms with Gasteiger partial charge in [0, 0.05) is 0 Å². The van der Waals surface area contributed by atoms with Crippen molar-refractivity contribution in [3.8, 4) is 0 Å². The first-order chi connectivity index (χ1) is 7.35. The van der Waals surface area contributed by atoms with Gasteiger partial charge >= 0.3 is 0 Å². The van der Waals surface area contributed by atoms with Crippen LogP contribution in [0, 0.1) is 22.2 Å². The van der Waals surface area contributed by atoms with Crippen molar-refractivity contribution in [3.05, 3.63) is 12.2 Å². The monoisotopic (exact) mass is 220 g/mol. The molecular formula is C15H24O. The molecule has 0 bridgehead atoms. The van der Waals surface area contributed by atoms with Crippen LogP contribution in [0.15, 0.2) is 12.2 Å². The number of allylic oxidation sites excluding steroid dienone is 1. The Balaban J connectivity index is 2.08. The second-order valence-electron chi connectivity index (χ2n) is 7.22. The lowest BCUT2D eigenvalue weighted by Gasteiger charge is -2.57. The Labute approximate surface area is 98.9 Å². The quantitative estimate of drug-likeness (QED) is 0.619. The maximum atomic E-state index is 10.3. The molecule has 0 saturated heterocycles. The summed E-state index contributed by atoms with van der Waals surface area (Å²) in [5.41, 5.74) is 2.36. The molecule has 0 heterocycles. The molecule has 0 amide bonds. The van der Waals surface area contributed by atoms with Gasteiger partial charge in [0.1, 0.15) is 0 Å². The molecule has 3 fully saturated rings. The summed E-state index contributed by atoms with van der Waals surface area (Å²) in [4.78, 5) is 0. The van der Waals surface area contributed by atoms with E-state index in [1.807, 2.05) is 0 Å². The van der Waals surface area contributed by atoms with Crippen molar-refractivity contribution < 1.29 is 5.11 Å². The van der Waals surface area contributed by atoms with Gasteiger partial charge in [-0.3, -0.25) is 0 Å². The van der Waals surface area contributed by atoms with Crippen LogP contribution in [0.25, 0.3) is 0 Å². The number of rotatable bonds is 0. The highest BCUT2D eigenvalue weighted by Gasteiger charge is 2.75. The molecule has 0 aliphatic heterocycles.